The quantitative estimate of drug-likeness (QED) is 0.626. The second-order valence-corrected chi connectivity index (χ2v) is 8.78. The number of nitrogens with zero attached hydrogens (tertiary/aromatic N) is 5. The van der Waals surface area contributed by atoms with Gasteiger partial charge in [0.15, 0.2) is 5.65 Å². The molecule has 10 nitrogen and oxygen atoms in total. The van der Waals surface area contributed by atoms with E-state index in [1.54, 1.807) is 17.8 Å². The van der Waals surface area contributed by atoms with Gasteiger partial charge in [-0.25, -0.2) is 14.7 Å². The van der Waals surface area contributed by atoms with Gasteiger partial charge in [-0.15, -0.1) is 0 Å². The Balaban J connectivity index is 1.89. The van der Waals surface area contributed by atoms with Crippen LogP contribution in [-0.4, -0.2) is 76.8 Å². The maximum Gasteiger partial charge on any atom is 0.270 e. The molecule has 1 aliphatic rings. The first-order valence-corrected chi connectivity index (χ1v) is 10.9. The van der Waals surface area contributed by atoms with E-state index in [9.17, 15) is 14.4 Å². The Kier molecular flexibility index (Phi) is 7.37. The number of hydrogen-bond donors (Lipinski definition) is 2. The van der Waals surface area contributed by atoms with Gasteiger partial charge in [0.2, 0.25) is 0 Å². The fourth-order valence-electron chi connectivity index (χ4n) is 3.63. The summed E-state index contributed by atoms with van der Waals surface area (Å²) in [5, 5.41) is 10.6. The molecule has 0 spiro atoms. The number of dihydropyridines is 1. The van der Waals surface area contributed by atoms with Crippen molar-refractivity contribution in [1.82, 2.24) is 30.3 Å². The summed E-state index contributed by atoms with van der Waals surface area (Å²) in [7, 11) is 3.83. The highest BCUT2D eigenvalue weighted by atomic mass is 16.2. The van der Waals surface area contributed by atoms with Gasteiger partial charge in [-0.3, -0.25) is 14.4 Å². The van der Waals surface area contributed by atoms with Gasteiger partial charge in [-0.2, -0.15) is 5.10 Å². The first-order chi connectivity index (χ1) is 15.6. The molecule has 2 N–H and O–H groups in total. The molecule has 0 saturated carbocycles. The number of pyridine rings is 1. The smallest absolute Gasteiger partial charge is 0.270 e. The molecule has 1 atom stereocenters. The Morgan fingerprint density at radius 3 is 2.55 bits per heavy atom. The molecule has 0 bridgehead atoms. The molecule has 3 rings (SSSR count). The maximum atomic E-state index is 13.2. The van der Waals surface area contributed by atoms with Gasteiger partial charge < -0.3 is 15.5 Å². The molecule has 1 unspecified atom stereocenters. The van der Waals surface area contributed by atoms with Crippen molar-refractivity contribution < 1.29 is 14.4 Å². The maximum absolute atomic E-state index is 13.2. The second-order valence-electron chi connectivity index (χ2n) is 8.78. The van der Waals surface area contributed by atoms with Gasteiger partial charge in [0.05, 0.1) is 23.1 Å². The SMILES string of the molecule is CC1=CC(C)=NC(=O)C1CNC(=O)c1cc(C(=O)NCCN(C)C)nc2c1cnn2C(C)C. The van der Waals surface area contributed by atoms with Crippen molar-refractivity contribution in [3.63, 3.8) is 0 Å². The number of aliphatic imine (C=N–C) groups is 1. The zero-order chi connectivity index (χ0) is 24.3. The number of aromatic nitrogens is 3. The van der Waals surface area contributed by atoms with E-state index in [0.29, 0.717) is 29.8 Å². The largest absolute Gasteiger partial charge is 0.351 e. The van der Waals surface area contributed by atoms with E-state index < -0.39 is 11.8 Å². The highest BCUT2D eigenvalue weighted by molar-refractivity contribution is 6.09. The number of likely N-dealkylation sites (N-methyl/N-ethyl adjacent to an activating group) is 1. The van der Waals surface area contributed by atoms with Gasteiger partial charge in [-0.1, -0.05) is 5.57 Å². The van der Waals surface area contributed by atoms with Crippen molar-refractivity contribution in [2.45, 2.75) is 33.7 Å². The number of carbonyl (C=O) groups excluding carboxylic acids is 3. The number of hydrogen-bond acceptors (Lipinski definition) is 6. The number of carbonyl (C=O) groups is 3. The highest BCUT2D eigenvalue weighted by Crippen LogP contribution is 2.22. The number of fused-ring (bicyclic) bond motifs is 1. The Hall–Kier alpha value is -3.40. The fourth-order valence-corrected chi connectivity index (χ4v) is 3.63. The van der Waals surface area contributed by atoms with Crippen LogP contribution in [0.25, 0.3) is 11.0 Å². The molecule has 176 valence electrons. The molecular weight excluding hydrogens is 422 g/mol. The molecule has 0 aliphatic carbocycles. The van der Waals surface area contributed by atoms with Crippen molar-refractivity contribution in [1.29, 1.82) is 0 Å². The van der Waals surface area contributed by atoms with Crippen LogP contribution >= 0.6 is 0 Å². The molecule has 0 fully saturated rings. The number of allylic oxidation sites excluding steroid dienone is 1. The molecule has 0 saturated heterocycles. The lowest BCUT2D eigenvalue weighted by Crippen LogP contribution is -2.35. The van der Waals surface area contributed by atoms with Crippen LogP contribution in [0, 0.1) is 5.92 Å². The lowest BCUT2D eigenvalue weighted by molar-refractivity contribution is -0.120. The van der Waals surface area contributed by atoms with Crippen LogP contribution in [0.1, 0.15) is 54.6 Å². The van der Waals surface area contributed by atoms with Gasteiger partial charge in [0.1, 0.15) is 5.69 Å². The number of nitrogens with one attached hydrogen (secondary N) is 2. The third-order valence-corrected chi connectivity index (χ3v) is 5.42. The summed E-state index contributed by atoms with van der Waals surface area (Å²) in [5.41, 5.74) is 2.39. The van der Waals surface area contributed by atoms with E-state index >= 15 is 0 Å². The fraction of sp³-hybridized carbons (Fsp3) is 0.478. The third kappa shape index (κ3) is 5.51. The average molecular weight is 454 g/mol. The predicted molar refractivity (Wildman–Crippen MR) is 126 cm³/mol. The van der Waals surface area contributed by atoms with Crippen molar-refractivity contribution in [3.8, 4) is 0 Å². The van der Waals surface area contributed by atoms with Gasteiger partial charge in [0, 0.05) is 31.4 Å². The minimum atomic E-state index is -0.512. The van der Waals surface area contributed by atoms with Gasteiger partial charge in [0.25, 0.3) is 17.7 Å². The first-order valence-electron chi connectivity index (χ1n) is 10.9. The Bertz CT molecular complexity index is 1140. The summed E-state index contributed by atoms with van der Waals surface area (Å²) < 4.78 is 1.68. The van der Waals surface area contributed by atoms with Crippen molar-refractivity contribution in [3.05, 3.63) is 35.2 Å². The Morgan fingerprint density at radius 1 is 1.18 bits per heavy atom. The minimum absolute atomic E-state index is 0.00767. The van der Waals surface area contributed by atoms with Crippen LogP contribution < -0.4 is 10.6 Å². The molecule has 0 radical (unpaired) electrons. The van der Waals surface area contributed by atoms with E-state index in [4.69, 9.17) is 0 Å². The van der Waals surface area contributed by atoms with Crippen LogP contribution in [0.2, 0.25) is 0 Å². The summed E-state index contributed by atoms with van der Waals surface area (Å²) in [5.74, 6) is -1.56. The van der Waals surface area contributed by atoms with Gasteiger partial charge in [-0.05, 0) is 53.9 Å². The monoisotopic (exact) mass is 453 g/mol. The van der Waals surface area contributed by atoms with E-state index in [-0.39, 0.29) is 35.7 Å². The normalized spacial score (nSPS) is 16.2. The molecule has 10 heteroatoms. The predicted octanol–water partition coefficient (Wildman–Crippen LogP) is 1.60. The van der Waals surface area contributed by atoms with E-state index in [2.05, 4.69) is 25.7 Å². The van der Waals surface area contributed by atoms with Crippen molar-refractivity contribution in [2.75, 3.05) is 33.7 Å². The van der Waals surface area contributed by atoms with E-state index in [1.807, 2.05) is 45.8 Å². The van der Waals surface area contributed by atoms with Crippen molar-refractivity contribution in [2.24, 2.45) is 10.9 Å². The highest BCUT2D eigenvalue weighted by Gasteiger charge is 2.26. The molecule has 33 heavy (non-hydrogen) atoms. The van der Waals surface area contributed by atoms with E-state index in [0.717, 1.165) is 5.57 Å². The molecular formula is C23H31N7O3. The van der Waals surface area contributed by atoms with Crippen molar-refractivity contribution >= 4 is 34.5 Å². The zero-order valence-corrected chi connectivity index (χ0v) is 20.0. The Labute approximate surface area is 193 Å². The average Bonchev–Trinajstić information content (AvgIpc) is 3.16. The van der Waals surface area contributed by atoms with Crippen LogP contribution in [0.4, 0.5) is 0 Å². The minimum Gasteiger partial charge on any atom is -0.351 e. The molecule has 0 aromatic carbocycles. The number of amides is 3. The number of rotatable bonds is 8. The third-order valence-electron chi connectivity index (χ3n) is 5.42. The zero-order valence-electron chi connectivity index (χ0n) is 20.0. The summed E-state index contributed by atoms with van der Waals surface area (Å²) >= 11 is 0. The molecule has 2 aromatic heterocycles. The Morgan fingerprint density at radius 2 is 1.91 bits per heavy atom. The summed E-state index contributed by atoms with van der Waals surface area (Å²) in [6, 6.07) is 1.47. The van der Waals surface area contributed by atoms with Gasteiger partial charge >= 0.3 is 0 Å². The lowest BCUT2D eigenvalue weighted by atomic mass is 9.95. The summed E-state index contributed by atoms with van der Waals surface area (Å²) in [6.07, 6.45) is 3.42. The topological polar surface area (TPSA) is 122 Å². The second kappa shape index (κ2) is 10.0. The summed E-state index contributed by atoms with van der Waals surface area (Å²) in [6.45, 7) is 8.75. The molecule has 1 aliphatic heterocycles. The van der Waals surface area contributed by atoms with Crippen LogP contribution in [0.15, 0.2) is 28.9 Å². The standard InChI is InChI=1S/C23H31N7O3/c1-13(2)30-20-18(12-26-30)16(10-19(28-20)23(33)24-7-8-29(5)6)21(31)25-11-17-14(3)9-15(4)27-22(17)32/h9-10,12-13,17H,7-8,11H2,1-6H3,(H,24,33)(H,25,31). The van der Waals surface area contributed by atoms with Crippen LogP contribution in [0.3, 0.4) is 0 Å². The van der Waals surface area contributed by atoms with E-state index in [1.165, 1.54) is 6.07 Å². The van der Waals surface area contributed by atoms with Crippen LogP contribution in [-0.2, 0) is 4.79 Å². The van der Waals surface area contributed by atoms with Crippen LogP contribution in [0.5, 0.6) is 0 Å². The molecule has 3 amide bonds. The molecule has 3 heterocycles. The lowest BCUT2D eigenvalue weighted by Gasteiger charge is -2.19. The summed E-state index contributed by atoms with van der Waals surface area (Å²) in [4.78, 5) is 48.6. The molecule has 2 aromatic rings. The first kappa shape index (κ1) is 24.2.